The van der Waals surface area contributed by atoms with Gasteiger partial charge >= 0.3 is 0 Å². The Morgan fingerprint density at radius 1 is 1.28 bits per heavy atom. The molecule has 0 bridgehead atoms. The van der Waals surface area contributed by atoms with Gasteiger partial charge < -0.3 is 5.32 Å². The fourth-order valence-corrected chi connectivity index (χ4v) is 3.67. The molecule has 0 atom stereocenters. The van der Waals surface area contributed by atoms with E-state index in [1.165, 1.54) is 23.1 Å². The number of aromatic nitrogens is 6. The summed E-state index contributed by atoms with van der Waals surface area (Å²) in [5, 5.41) is 17.4. The number of thioether (sulfide) groups is 1. The minimum atomic E-state index is -0.142. The lowest BCUT2D eigenvalue weighted by atomic mass is 10.1. The number of carbonyl (C=O) groups excluding carboxylic acids is 1. The van der Waals surface area contributed by atoms with Crippen molar-refractivity contribution in [3.63, 3.8) is 0 Å². The molecule has 0 saturated heterocycles. The highest BCUT2D eigenvalue weighted by Gasteiger charge is 2.17. The van der Waals surface area contributed by atoms with Gasteiger partial charge in [-0.15, -0.1) is 15.3 Å². The zero-order valence-electron chi connectivity index (χ0n) is 14.5. The molecule has 1 amide bonds. The topological polar surface area (TPSA) is 98.0 Å². The molecule has 25 heavy (non-hydrogen) atoms. The van der Waals surface area contributed by atoms with E-state index < -0.39 is 0 Å². The van der Waals surface area contributed by atoms with Crippen molar-refractivity contribution in [1.29, 1.82) is 0 Å². The second kappa shape index (κ2) is 7.44. The second-order valence-corrected chi connectivity index (χ2v) is 7.38. The summed E-state index contributed by atoms with van der Waals surface area (Å²) < 4.78 is 1.69. The van der Waals surface area contributed by atoms with E-state index in [2.05, 4.69) is 37.5 Å². The van der Waals surface area contributed by atoms with Crippen LogP contribution in [0.5, 0.6) is 0 Å². The molecule has 0 spiro atoms. The summed E-state index contributed by atoms with van der Waals surface area (Å²) in [6.07, 6.45) is 4.00. The third-order valence-corrected chi connectivity index (χ3v) is 5.16. The summed E-state index contributed by atoms with van der Waals surface area (Å²) in [7, 11) is 0. The molecule has 0 fully saturated rings. The highest BCUT2D eigenvalue weighted by atomic mass is 32.2. The molecule has 10 heteroatoms. The van der Waals surface area contributed by atoms with Crippen molar-refractivity contribution in [3.8, 4) is 0 Å². The molecule has 3 aromatic heterocycles. The van der Waals surface area contributed by atoms with Gasteiger partial charge in [-0.05, 0) is 26.5 Å². The lowest BCUT2D eigenvalue weighted by Gasteiger charge is -2.09. The summed E-state index contributed by atoms with van der Waals surface area (Å²) >= 11 is 2.87. The maximum atomic E-state index is 12.4. The number of hydrogen-bond donors (Lipinski definition) is 1. The van der Waals surface area contributed by atoms with Crippen LogP contribution < -0.4 is 5.32 Å². The van der Waals surface area contributed by atoms with Gasteiger partial charge in [0.25, 0.3) is 5.78 Å². The molecule has 0 aliphatic heterocycles. The van der Waals surface area contributed by atoms with Crippen molar-refractivity contribution >= 4 is 39.9 Å². The molecule has 132 valence electrons. The van der Waals surface area contributed by atoms with Crippen molar-refractivity contribution in [2.45, 2.75) is 45.2 Å². The van der Waals surface area contributed by atoms with E-state index >= 15 is 0 Å². The minimum absolute atomic E-state index is 0.142. The molecule has 0 radical (unpaired) electrons. The molecule has 0 aromatic carbocycles. The van der Waals surface area contributed by atoms with Crippen LogP contribution in [0.2, 0.25) is 0 Å². The summed E-state index contributed by atoms with van der Waals surface area (Å²) in [6.45, 7) is 5.89. The number of amides is 1. The number of fused-ring (bicyclic) bond motifs is 1. The molecule has 8 nitrogen and oxygen atoms in total. The molecule has 0 aliphatic rings. The Kier molecular flexibility index (Phi) is 5.28. The third-order valence-electron chi connectivity index (χ3n) is 3.73. The Labute approximate surface area is 153 Å². The minimum Gasteiger partial charge on any atom is -0.300 e. The largest absolute Gasteiger partial charge is 0.300 e. The van der Waals surface area contributed by atoms with Crippen molar-refractivity contribution in [1.82, 2.24) is 29.8 Å². The molecule has 3 heterocycles. The number of carbonyl (C=O) groups is 1. The molecular formula is C15H19N7OS2. The first-order chi connectivity index (χ1) is 12.0. The van der Waals surface area contributed by atoms with Gasteiger partial charge in [0, 0.05) is 23.4 Å². The zero-order chi connectivity index (χ0) is 18.0. The Bertz CT molecular complexity index is 918. The van der Waals surface area contributed by atoms with Gasteiger partial charge in [0.05, 0.1) is 6.42 Å². The number of anilines is 1. The van der Waals surface area contributed by atoms with Crippen LogP contribution in [0, 0.1) is 13.8 Å². The molecule has 0 aliphatic carbocycles. The number of hydrogen-bond acceptors (Lipinski definition) is 8. The van der Waals surface area contributed by atoms with Crippen LogP contribution in [-0.4, -0.2) is 41.9 Å². The van der Waals surface area contributed by atoms with Gasteiger partial charge in [0.15, 0.2) is 0 Å². The summed E-state index contributed by atoms with van der Waals surface area (Å²) in [4.78, 5) is 21.2. The van der Waals surface area contributed by atoms with E-state index in [1.807, 2.05) is 20.1 Å². The van der Waals surface area contributed by atoms with E-state index in [1.54, 1.807) is 4.52 Å². The normalized spacial score (nSPS) is 11.2. The molecule has 0 unspecified atom stereocenters. The average molecular weight is 377 g/mol. The maximum Gasteiger partial charge on any atom is 0.253 e. The highest BCUT2D eigenvalue weighted by Crippen LogP contribution is 2.19. The number of aryl methyl sites for hydroxylation is 3. The first kappa shape index (κ1) is 17.7. The third kappa shape index (κ3) is 3.79. The Balaban J connectivity index is 1.80. The Hall–Kier alpha value is -2.07. The monoisotopic (exact) mass is 377 g/mol. The predicted octanol–water partition coefficient (Wildman–Crippen LogP) is 2.45. The van der Waals surface area contributed by atoms with Crippen molar-refractivity contribution in [2.75, 3.05) is 11.6 Å². The standard InChI is InChI=1S/C15H19N7OS2/c1-5-6-12-19-20-14(25-12)17-11(23)7-10-8(2)16-13-18-15(24-4)21-22(13)9(10)3/h5-7H2,1-4H3,(H,17,20,23). The Morgan fingerprint density at radius 2 is 2.08 bits per heavy atom. The van der Waals surface area contributed by atoms with Crippen molar-refractivity contribution in [2.24, 2.45) is 0 Å². The van der Waals surface area contributed by atoms with Crippen LogP contribution in [0.25, 0.3) is 5.78 Å². The van der Waals surface area contributed by atoms with Gasteiger partial charge in [-0.25, -0.2) is 9.50 Å². The number of nitrogens with zero attached hydrogens (tertiary/aromatic N) is 6. The van der Waals surface area contributed by atoms with Crippen LogP contribution in [0.3, 0.4) is 0 Å². The Morgan fingerprint density at radius 3 is 2.80 bits per heavy atom. The summed E-state index contributed by atoms with van der Waals surface area (Å²) in [5.41, 5.74) is 2.50. The maximum absolute atomic E-state index is 12.4. The second-order valence-electron chi connectivity index (χ2n) is 5.55. The van der Waals surface area contributed by atoms with E-state index in [9.17, 15) is 4.79 Å². The van der Waals surface area contributed by atoms with E-state index in [0.29, 0.717) is 16.1 Å². The van der Waals surface area contributed by atoms with Crippen LogP contribution in [0.15, 0.2) is 5.16 Å². The fraction of sp³-hybridized carbons (Fsp3) is 0.467. The van der Waals surface area contributed by atoms with E-state index in [0.717, 1.165) is 34.8 Å². The molecule has 1 N–H and O–H groups in total. The van der Waals surface area contributed by atoms with Gasteiger partial charge in [0.1, 0.15) is 5.01 Å². The number of rotatable bonds is 6. The summed E-state index contributed by atoms with van der Waals surface area (Å²) in [5.74, 6) is 0.411. The van der Waals surface area contributed by atoms with Gasteiger partial charge in [-0.3, -0.25) is 4.79 Å². The van der Waals surface area contributed by atoms with Crippen LogP contribution in [0.1, 0.15) is 35.3 Å². The van der Waals surface area contributed by atoms with Crippen LogP contribution in [0.4, 0.5) is 5.13 Å². The van der Waals surface area contributed by atoms with Gasteiger partial charge in [-0.2, -0.15) is 4.98 Å². The van der Waals surface area contributed by atoms with E-state index in [-0.39, 0.29) is 12.3 Å². The zero-order valence-corrected chi connectivity index (χ0v) is 16.2. The predicted molar refractivity (Wildman–Crippen MR) is 98.3 cm³/mol. The number of nitrogens with one attached hydrogen (secondary N) is 1. The quantitative estimate of drug-likeness (QED) is 0.659. The molecular weight excluding hydrogens is 358 g/mol. The van der Waals surface area contributed by atoms with Gasteiger partial charge in [-0.1, -0.05) is 30.0 Å². The SMILES string of the molecule is CCCc1nnc(NC(=O)Cc2c(C)nc3nc(SC)nn3c2C)s1. The first-order valence-electron chi connectivity index (χ1n) is 7.90. The lowest BCUT2D eigenvalue weighted by Crippen LogP contribution is -2.17. The summed E-state index contributed by atoms with van der Waals surface area (Å²) in [6, 6.07) is 0. The van der Waals surface area contributed by atoms with Crippen molar-refractivity contribution in [3.05, 3.63) is 22.0 Å². The van der Waals surface area contributed by atoms with Crippen LogP contribution in [-0.2, 0) is 17.6 Å². The molecule has 3 aromatic rings. The highest BCUT2D eigenvalue weighted by molar-refractivity contribution is 7.98. The smallest absolute Gasteiger partial charge is 0.253 e. The van der Waals surface area contributed by atoms with Crippen molar-refractivity contribution < 1.29 is 4.79 Å². The first-order valence-corrected chi connectivity index (χ1v) is 9.95. The molecule has 0 saturated carbocycles. The average Bonchev–Trinajstić information content (AvgIpc) is 3.18. The van der Waals surface area contributed by atoms with E-state index in [4.69, 9.17) is 0 Å². The van der Waals surface area contributed by atoms with Crippen LogP contribution >= 0.6 is 23.1 Å². The lowest BCUT2D eigenvalue weighted by molar-refractivity contribution is -0.115. The molecule has 3 rings (SSSR count). The van der Waals surface area contributed by atoms with Gasteiger partial charge in [0.2, 0.25) is 16.2 Å². The fourth-order valence-electron chi connectivity index (χ4n) is 2.48.